The monoisotopic (exact) mass is 451 g/mol. The fraction of sp³-hybridized carbons (Fsp3) is 0.500. The van der Waals surface area contributed by atoms with E-state index in [0.29, 0.717) is 31.6 Å². The summed E-state index contributed by atoms with van der Waals surface area (Å²) in [6, 6.07) is 7.93. The van der Waals surface area contributed by atoms with E-state index in [0.717, 1.165) is 23.7 Å². The zero-order valence-corrected chi connectivity index (χ0v) is 18.5. The van der Waals surface area contributed by atoms with Crippen LogP contribution in [0, 0.1) is 11.8 Å². The van der Waals surface area contributed by atoms with Crippen LogP contribution in [0.5, 0.6) is 0 Å². The second kappa shape index (κ2) is 6.93. The molecule has 3 fully saturated rings. The van der Waals surface area contributed by atoms with E-state index in [2.05, 4.69) is 36.5 Å². The van der Waals surface area contributed by atoms with E-state index in [-0.39, 0.29) is 29.0 Å². The third kappa shape index (κ3) is 2.89. The molecule has 1 saturated carbocycles. The molecule has 6 rings (SSSR count). The maximum atomic E-state index is 12.4. The molecule has 1 aromatic heterocycles. The Morgan fingerprint density at radius 3 is 2.73 bits per heavy atom. The average molecular weight is 451 g/mol. The van der Waals surface area contributed by atoms with Crippen molar-refractivity contribution in [2.45, 2.75) is 43.7 Å². The van der Waals surface area contributed by atoms with Gasteiger partial charge in [0.2, 0.25) is 0 Å². The second-order valence-electron chi connectivity index (χ2n) is 9.93. The van der Waals surface area contributed by atoms with Crippen LogP contribution >= 0.6 is 0 Å². The van der Waals surface area contributed by atoms with Gasteiger partial charge in [0.15, 0.2) is 11.8 Å². The van der Waals surface area contributed by atoms with E-state index in [4.69, 9.17) is 14.3 Å². The maximum absolute atomic E-state index is 12.4. The molecule has 172 valence electrons. The van der Waals surface area contributed by atoms with E-state index < -0.39 is 11.5 Å². The van der Waals surface area contributed by atoms with Crippen LogP contribution in [0.1, 0.15) is 48.7 Å². The van der Waals surface area contributed by atoms with Gasteiger partial charge in [-0.15, -0.1) is 0 Å². The summed E-state index contributed by atoms with van der Waals surface area (Å²) in [5.41, 5.74) is 3.97. The third-order valence-corrected chi connectivity index (χ3v) is 7.61. The van der Waals surface area contributed by atoms with Crippen molar-refractivity contribution in [1.82, 2.24) is 10.0 Å². The largest absolute Gasteiger partial charge is 0.477 e. The predicted octanol–water partition coefficient (Wildman–Crippen LogP) is 2.59. The lowest BCUT2D eigenvalue weighted by Gasteiger charge is -2.35. The van der Waals surface area contributed by atoms with Crippen LogP contribution in [0.2, 0.25) is 0 Å². The topological polar surface area (TPSA) is 111 Å². The van der Waals surface area contributed by atoms with Crippen molar-refractivity contribution in [3.63, 3.8) is 0 Å². The highest BCUT2D eigenvalue weighted by Gasteiger charge is 2.73. The minimum Gasteiger partial charge on any atom is -0.477 e. The number of carboxylic acid groups (broad SMARTS) is 1. The fourth-order valence-corrected chi connectivity index (χ4v) is 6.14. The molecule has 33 heavy (non-hydrogen) atoms. The lowest BCUT2D eigenvalue weighted by Crippen LogP contribution is -2.42. The van der Waals surface area contributed by atoms with E-state index >= 15 is 0 Å². The van der Waals surface area contributed by atoms with Gasteiger partial charge in [-0.2, -0.15) is 4.99 Å². The first kappa shape index (κ1) is 20.5. The molecule has 9 heteroatoms. The van der Waals surface area contributed by atoms with Gasteiger partial charge in [-0.25, -0.2) is 15.1 Å². The number of nitrogens with one attached hydrogen (secondary N) is 1. The van der Waals surface area contributed by atoms with E-state index in [1.165, 1.54) is 5.56 Å². The lowest BCUT2D eigenvalue weighted by atomic mass is 9.83. The summed E-state index contributed by atoms with van der Waals surface area (Å²) in [4.78, 5) is 32.9. The highest BCUT2D eigenvalue weighted by Crippen LogP contribution is 2.62. The van der Waals surface area contributed by atoms with Crippen molar-refractivity contribution in [3.8, 4) is 0 Å². The predicted molar refractivity (Wildman–Crippen MR) is 118 cm³/mol. The number of hydroxylamine groups is 1. The molecule has 1 unspecified atom stereocenters. The Morgan fingerprint density at radius 1 is 1.27 bits per heavy atom. The minimum atomic E-state index is -1.02. The maximum Gasteiger partial charge on any atom is 0.352 e. The summed E-state index contributed by atoms with van der Waals surface area (Å²) in [5.74, 6) is 1.29. The molecule has 1 aromatic carbocycles. The standard InChI is InChI=1S/C24H25N3O6/c1-23(2)9-14(5-6-32-23)13-3-4-18-15(7-13)8-19(21(29)30)27(18)24(16-11-31-12-17(16)24)22-25-20(10-28)33-26-22/h3-4,7-8,14,16-17H,5-6,9,11-12H2,1-2H3,(H,25,26)(H,29,30)/t14-,16-,17+,24?/m0/s1. The molecule has 3 aliphatic heterocycles. The number of hydrogen-bond acceptors (Lipinski definition) is 7. The zero-order chi connectivity index (χ0) is 23.0. The number of aromatic nitrogens is 1. The number of carboxylic acids is 1. The van der Waals surface area contributed by atoms with Crippen molar-refractivity contribution in [3.05, 3.63) is 41.4 Å². The van der Waals surface area contributed by atoms with Gasteiger partial charge in [0.1, 0.15) is 11.2 Å². The number of carbonyl (C=O) groups excluding carboxylic acids is 1. The van der Waals surface area contributed by atoms with Crippen LogP contribution in [0.3, 0.4) is 0 Å². The van der Waals surface area contributed by atoms with Gasteiger partial charge >= 0.3 is 11.9 Å². The van der Waals surface area contributed by atoms with Crippen LogP contribution < -0.4 is 5.48 Å². The van der Waals surface area contributed by atoms with E-state index in [9.17, 15) is 14.7 Å². The van der Waals surface area contributed by atoms with Crippen LogP contribution in [0.25, 0.3) is 10.9 Å². The molecule has 0 spiro atoms. The first-order valence-electron chi connectivity index (χ1n) is 11.2. The molecule has 2 N–H and O–H groups in total. The lowest BCUT2D eigenvalue weighted by molar-refractivity contribution is -0.0592. The van der Waals surface area contributed by atoms with Crippen LogP contribution in [0.15, 0.2) is 35.1 Å². The Bertz CT molecular complexity index is 1240. The number of hydrogen-bond donors (Lipinski definition) is 2. The summed E-state index contributed by atoms with van der Waals surface area (Å²) in [5, 5.41) is 11.0. The number of aromatic carboxylic acids is 1. The van der Waals surface area contributed by atoms with Crippen LogP contribution in [-0.4, -0.2) is 52.8 Å². The number of amidine groups is 1. The van der Waals surface area contributed by atoms with Gasteiger partial charge in [0.25, 0.3) is 0 Å². The van der Waals surface area contributed by atoms with Gasteiger partial charge in [-0.1, -0.05) is 6.07 Å². The highest BCUT2D eigenvalue weighted by atomic mass is 16.7. The highest BCUT2D eigenvalue weighted by molar-refractivity contribution is 6.01. The fourth-order valence-electron chi connectivity index (χ4n) is 6.14. The molecular formula is C24H25N3O6. The molecule has 0 radical (unpaired) electrons. The SMILES string of the molecule is CC1(C)C[C@@H](c2ccc3c(c2)cc(C(=O)O)n3C2(C3=NC(=C=O)ON3)[C@@H]3COC[C@@H]32)CCO1. The minimum absolute atomic E-state index is 0.0306. The Balaban J connectivity index is 1.50. The molecule has 0 bridgehead atoms. The molecule has 2 aromatic rings. The molecule has 9 nitrogen and oxygen atoms in total. The van der Waals surface area contributed by atoms with Crippen molar-refractivity contribution >= 4 is 28.6 Å². The summed E-state index contributed by atoms with van der Waals surface area (Å²) in [7, 11) is 0. The number of carbonyl (C=O) groups is 1. The van der Waals surface area contributed by atoms with Crippen molar-refractivity contribution in [2.75, 3.05) is 19.8 Å². The Kier molecular flexibility index (Phi) is 4.30. The first-order valence-corrected chi connectivity index (χ1v) is 11.2. The van der Waals surface area contributed by atoms with E-state index in [1.54, 1.807) is 12.0 Å². The van der Waals surface area contributed by atoms with Crippen LogP contribution in [0.4, 0.5) is 0 Å². The third-order valence-electron chi connectivity index (χ3n) is 7.61. The summed E-state index contributed by atoms with van der Waals surface area (Å²) >= 11 is 0. The quantitative estimate of drug-likeness (QED) is 0.688. The molecule has 4 aliphatic rings. The Morgan fingerprint density at radius 2 is 2.06 bits per heavy atom. The van der Waals surface area contributed by atoms with Gasteiger partial charge < -0.3 is 24.0 Å². The first-order chi connectivity index (χ1) is 15.8. The smallest absolute Gasteiger partial charge is 0.352 e. The number of rotatable bonds is 4. The molecule has 1 aliphatic carbocycles. The zero-order valence-electron chi connectivity index (χ0n) is 18.5. The van der Waals surface area contributed by atoms with Gasteiger partial charge in [-0.3, -0.25) is 0 Å². The van der Waals surface area contributed by atoms with Crippen LogP contribution in [-0.2, 0) is 24.6 Å². The van der Waals surface area contributed by atoms with Gasteiger partial charge in [-0.05, 0) is 56.4 Å². The van der Waals surface area contributed by atoms with Gasteiger partial charge in [0, 0.05) is 29.3 Å². The number of nitrogens with zero attached hydrogens (tertiary/aromatic N) is 2. The number of benzene rings is 1. The van der Waals surface area contributed by atoms with Crippen molar-refractivity contribution in [1.29, 1.82) is 0 Å². The summed E-state index contributed by atoms with van der Waals surface area (Å²) in [6.07, 6.45) is 1.85. The molecule has 4 atom stereocenters. The number of ether oxygens (including phenoxy) is 2. The average Bonchev–Trinajstić information content (AvgIpc) is 3.30. The summed E-state index contributed by atoms with van der Waals surface area (Å²) < 4.78 is 13.3. The van der Waals surface area contributed by atoms with E-state index in [1.807, 2.05) is 10.6 Å². The molecule has 2 saturated heterocycles. The van der Waals surface area contributed by atoms with Crippen molar-refractivity contribution < 1.29 is 29.0 Å². The van der Waals surface area contributed by atoms with Crippen molar-refractivity contribution in [2.24, 2.45) is 16.8 Å². The Hall–Kier alpha value is -3.13. The number of aliphatic imine (C=N–C) groups is 1. The normalized spacial score (nSPS) is 32.0. The Labute approximate surface area is 190 Å². The van der Waals surface area contributed by atoms with Gasteiger partial charge in [0.05, 0.1) is 18.8 Å². The second-order valence-corrected chi connectivity index (χ2v) is 9.93. The molecule has 4 heterocycles. The summed E-state index contributed by atoms with van der Waals surface area (Å²) in [6.45, 7) is 5.89. The number of fused-ring (bicyclic) bond motifs is 2. The molecule has 0 amide bonds. The molecular weight excluding hydrogens is 426 g/mol.